The van der Waals surface area contributed by atoms with Gasteiger partial charge in [0.25, 0.3) is 0 Å². The van der Waals surface area contributed by atoms with Crippen LogP contribution in [-0.2, 0) is 6.54 Å². The Hall–Kier alpha value is -1.47. The van der Waals surface area contributed by atoms with E-state index < -0.39 is 5.91 Å². The third kappa shape index (κ3) is 3.10. The minimum absolute atomic E-state index is 0.0332. The van der Waals surface area contributed by atoms with Crippen molar-refractivity contribution in [3.63, 3.8) is 0 Å². The number of hydrogen-bond acceptors (Lipinski definition) is 6. The molecule has 0 bridgehead atoms. The molecule has 1 saturated heterocycles. The fraction of sp³-hybridized carbons (Fsp3) is 0.750. The summed E-state index contributed by atoms with van der Waals surface area (Å²) in [6.07, 6.45) is 3.02. The molecule has 2 rings (SSSR count). The molecule has 106 valence electrons. The molecule has 0 radical (unpaired) electrons. The maximum absolute atomic E-state index is 10.9. The molecule has 0 unspecified atom stereocenters. The van der Waals surface area contributed by atoms with Gasteiger partial charge in [0.05, 0.1) is 6.54 Å². The molecule has 1 aliphatic heterocycles. The first-order chi connectivity index (χ1) is 9.08. The van der Waals surface area contributed by atoms with Gasteiger partial charge in [-0.05, 0) is 25.8 Å². The molecule has 3 N–H and O–H groups in total. The summed E-state index contributed by atoms with van der Waals surface area (Å²) in [5, 5.41) is 13.3. The summed E-state index contributed by atoms with van der Waals surface area (Å²) in [5.41, 5.74) is 5.03. The molecule has 2 heterocycles. The number of carbonyl (C=O) groups is 1. The molecule has 1 aromatic rings. The van der Waals surface area contributed by atoms with E-state index in [1.165, 1.54) is 0 Å². The van der Waals surface area contributed by atoms with E-state index >= 15 is 0 Å². The Labute approximate surface area is 111 Å². The second-order valence-electron chi connectivity index (χ2n) is 5.21. The number of likely N-dealkylation sites (tertiary alicyclic amines) is 1. The molecular weight excluding hydrogens is 248 g/mol. The number of carbonyl (C=O) groups excluding carboxylic acids is 1. The summed E-state index contributed by atoms with van der Waals surface area (Å²) < 4.78 is 4.76. The van der Waals surface area contributed by atoms with Crippen LogP contribution in [0, 0.1) is 5.41 Å². The predicted molar refractivity (Wildman–Crippen MR) is 67.1 cm³/mol. The first kappa shape index (κ1) is 14.0. The van der Waals surface area contributed by atoms with E-state index in [-0.39, 0.29) is 17.9 Å². The van der Waals surface area contributed by atoms with Gasteiger partial charge in [0.2, 0.25) is 0 Å². The van der Waals surface area contributed by atoms with E-state index in [0.717, 1.165) is 32.4 Å². The van der Waals surface area contributed by atoms with Crippen molar-refractivity contribution in [2.45, 2.75) is 32.7 Å². The highest BCUT2D eigenvalue weighted by Gasteiger charge is 2.33. The van der Waals surface area contributed by atoms with Gasteiger partial charge in [-0.25, -0.2) is 0 Å². The van der Waals surface area contributed by atoms with Crippen LogP contribution in [0.5, 0.6) is 0 Å². The summed E-state index contributed by atoms with van der Waals surface area (Å²) in [5.74, 6) is -0.412. The van der Waals surface area contributed by atoms with Crippen molar-refractivity contribution in [2.24, 2.45) is 11.1 Å². The zero-order valence-electron chi connectivity index (χ0n) is 11.1. The number of piperidine rings is 1. The number of hydrogen-bond donors (Lipinski definition) is 2. The standard InChI is InChI=1S/C12H20N4O3/c1-2-12(8-17)4-3-5-16(7-12)6-9-14-11(10(13)18)19-15-9/h17H,2-8H2,1H3,(H2,13,18)/t12-/m0/s1. The average Bonchev–Trinajstić information content (AvgIpc) is 2.87. The SMILES string of the molecule is CC[C@]1(CO)CCCN(Cc2noc(C(N)=O)n2)C1. The zero-order chi connectivity index (χ0) is 13.9. The van der Waals surface area contributed by atoms with Gasteiger partial charge in [0.1, 0.15) is 0 Å². The lowest BCUT2D eigenvalue weighted by Gasteiger charge is -2.40. The highest BCUT2D eigenvalue weighted by Crippen LogP contribution is 2.33. The molecule has 1 atom stereocenters. The van der Waals surface area contributed by atoms with Gasteiger partial charge in [0, 0.05) is 18.6 Å². The third-order valence-corrected chi connectivity index (χ3v) is 3.87. The number of nitrogens with two attached hydrogens (primary N) is 1. The van der Waals surface area contributed by atoms with Crippen LogP contribution in [0.2, 0.25) is 0 Å². The number of nitrogens with zero attached hydrogens (tertiary/aromatic N) is 3. The summed E-state index contributed by atoms with van der Waals surface area (Å²) >= 11 is 0. The lowest BCUT2D eigenvalue weighted by atomic mass is 9.78. The van der Waals surface area contributed by atoms with Crippen LogP contribution < -0.4 is 5.73 Å². The largest absolute Gasteiger partial charge is 0.396 e. The highest BCUT2D eigenvalue weighted by molar-refractivity contribution is 5.87. The fourth-order valence-corrected chi connectivity index (χ4v) is 2.59. The molecule has 1 aliphatic rings. The maximum Gasteiger partial charge on any atom is 0.315 e. The summed E-state index contributed by atoms with van der Waals surface area (Å²) in [6.45, 7) is 4.54. The van der Waals surface area contributed by atoms with Gasteiger partial charge in [-0.15, -0.1) is 0 Å². The molecule has 0 aliphatic carbocycles. The fourth-order valence-electron chi connectivity index (χ4n) is 2.59. The first-order valence-electron chi connectivity index (χ1n) is 6.54. The summed E-state index contributed by atoms with van der Waals surface area (Å²) in [4.78, 5) is 17.0. The van der Waals surface area contributed by atoms with Crippen molar-refractivity contribution in [2.75, 3.05) is 19.7 Å². The smallest absolute Gasteiger partial charge is 0.315 e. The van der Waals surface area contributed by atoms with Crippen molar-refractivity contribution < 1.29 is 14.4 Å². The minimum Gasteiger partial charge on any atom is -0.396 e. The lowest BCUT2D eigenvalue weighted by molar-refractivity contribution is 0.0245. The van der Waals surface area contributed by atoms with Gasteiger partial charge in [-0.2, -0.15) is 4.98 Å². The first-order valence-corrected chi connectivity index (χ1v) is 6.54. The Morgan fingerprint density at radius 1 is 1.63 bits per heavy atom. The normalized spacial score (nSPS) is 24.5. The van der Waals surface area contributed by atoms with Crippen LogP contribution in [0.15, 0.2) is 4.52 Å². The Balaban J connectivity index is 2.00. The van der Waals surface area contributed by atoms with Crippen LogP contribution in [0.25, 0.3) is 0 Å². The van der Waals surface area contributed by atoms with Gasteiger partial charge in [-0.1, -0.05) is 12.1 Å². The second kappa shape index (κ2) is 5.66. The van der Waals surface area contributed by atoms with Crippen LogP contribution >= 0.6 is 0 Å². The van der Waals surface area contributed by atoms with Crippen molar-refractivity contribution in [1.82, 2.24) is 15.0 Å². The van der Waals surface area contributed by atoms with Crippen LogP contribution in [0.4, 0.5) is 0 Å². The van der Waals surface area contributed by atoms with Crippen molar-refractivity contribution in [3.8, 4) is 0 Å². The van der Waals surface area contributed by atoms with Crippen molar-refractivity contribution >= 4 is 5.91 Å². The summed E-state index contributed by atoms with van der Waals surface area (Å²) in [7, 11) is 0. The number of aliphatic hydroxyl groups excluding tert-OH is 1. The molecule has 1 aromatic heterocycles. The Kier molecular flexibility index (Phi) is 4.16. The number of rotatable bonds is 5. The number of aliphatic hydroxyl groups is 1. The molecule has 7 nitrogen and oxygen atoms in total. The van der Waals surface area contributed by atoms with E-state index in [1.54, 1.807) is 0 Å². The quantitative estimate of drug-likeness (QED) is 0.787. The molecule has 0 aromatic carbocycles. The highest BCUT2D eigenvalue weighted by atomic mass is 16.5. The summed E-state index contributed by atoms with van der Waals surface area (Å²) in [6, 6.07) is 0. The van der Waals surface area contributed by atoms with E-state index in [9.17, 15) is 9.90 Å². The van der Waals surface area contributed by atoms with Crippen LogP contribution in [-0.4, -0.2) is 45.8 Å². The lowest BCUT2D eigenvalue weighted by Crippen LogP contribution is -2.44. The minimum atomic E-state index is -0.712. The van der Waals surface area contributed by atoms with Crippen molar-refractivity contribution in [3.05, 3.63) is 11.7 Å². The Morgan fingerprint density at radius 2 is 2.42 bits per heavy atom. The Morgan fingerprint density at radius 3 is 3.00 bits per heavy atom. The van der Waals surface area contributed by atoms with Gasteiger partial charge in [-0.3, -0.25) is 9.69 Å². The number of primary amides is 1. The molecule has 1 fully saturated rings. The predicted octanol–water partition coefficient (Wildman–Crippen LogP) is 0.153. The molecule has 19 heavy (non-hydrogen) atoms. The number of aromatic nitrogens is 2. The molecular formula is C12H20N4O3. The van der Waals surface area contributed by atoms with Crippen LogP contribution in [0.1, 0.15) is 42.7 Å². The van der Waals surface area contributed by atoms with E-state index in [0.29, 0.717) is 12.4 Å². The van der Waals surface area contributed by atoms with E-state index in [1.807, 2.05) is 0 Å². The van der Waals surface area contributed by atoms with Gasteiger partial charge in [0.15, 0.2) is 5.82 Å². The second-order valence-corrected chi connectivity index (χ2v) is 5.21. The van der Waals surface area contributed by atoms with E-state index in [2.05, 4.69) is 22.0 Å². The molecule has 1 amide bonds. The maximum atomic E-state index is 10.9. The van der Waals surface area contributed by atoms with Gasteiger partial charge >= 0.3 is 11.8 Å². The topological polar surface area (TPSA) is 105 Å². The molecule has 0 spiro atoms. The third-order valence-electron chi connectivity index (χ3n) is 3.87. The average molecular weight is 268 g/mol. The Bertz CT molecular complexity index is 442. The number of amides is 1. The molecule has 0 saturated carbocycles. The molecule has 7 heteroatoms. The zero-order valence-corrected chi connectivity index (χ0v) is 11.1. The van der Waals surface area contributed by atoms with Crippen molar-refractivity contribution in [1.29, 1.82) is 0 Å². The van der Waals surface area contributed by atoms with Crippen LogP contribution in [0.3, 0.4) is 0 Å². The monoisotopic (exact) mass is 268 g/mol. The van der Waals surface area contributed by atoms with Gasteiger partial charge < -0.3 is 15.4 Å². The van der Waals surface area contributed by atoms with E-state index in [4.69, 9.17) is 10.3 Å².